The number of amides is 2. The minimum absolute atomic E-state index is 0.161. The second-order valence-electron chi connectivity index (χ2n) is 5.26. The van der Waals surface area contributed by atoms with E-state index in [2.05, 4.69) is 5.32 Å². The maximum atomic E-state index is 12.4. The van der Waals surface area contributed by atoms with Crippen LogP contribution in [-0.4, -0.2) is 17.5 Å². The van der Waals surface area contributed by atoms with Crippen LogP contribution in [0.1, 0.15) is 11.1 Å². The fourth-order valence-electron chi connectivity index (χ4n) is 2.53. The Morgan fingerprint density at radius 1 is 1.09 bits per heavy atom. The molecule has 1 heterocycles. The summed E-state index contributed by atoms with van der Waals surface area (Å²) in [4.78, 5) is 14.1. The van der Waals surface area contributed by atoms with Crippen molar-refractivity contribution in [3.8, 4) is 0 Å². The van der Waals surface area contributed by atoms with E-state index >= 15 is 0 Å². The van der Waals surface area contributed by atoms with E-state index in [1.165, 1.54) is 5.56 Å². The number of nitrogens with one attached hydrogen (secondary N) is 1. The van der Waals surface area contributed by atoms with Crippen LogP contribution in [0, 0.1) is 0 Å². The van der Waals surface area contributed by atoms with Crippen molar-refractivity contribution in [2.45, 2.75) is 13.0 Å². The maximum absolute atomic E-state index is 12.4. The summed E-state index contributed by atoms with van der Waals surface area (Å²) in [6.45, 7) is 1.22. The molecule has 1 aliphatic heterocycles. The van der Waals surface area contributed by atoms with Gasteiger partial charge in [0.1, 0.15) is 0 Å². The molecule has 4 nitrogen and oxygen atoms in total. The van der Waals surface area contributed by atoms with E-state index in [4.69, 9.17) is 28.9 Å². The van der Waals surface area contributed by atoms with E-state index in [0.717, 1.165) is 12.0 Å². The Bertz CT molecular complexity index is 733. The van der Waals surface area contributed by atoms with Crippen molar-refractivity contribution in [2.24, 2.45) is 0 Å². The number of halogens is 2. The van der Waals surface area contributed by atoms with Crippen molar-refractivity contribution in [3.05, 3.63) is 57.6 Å². The van der Waals surface area contributed by atoms with Gasteiger partial charge in [0, 0.05) is 24.5 Å². The minimum atomic E-state index is -0.161. The smallest absolute Gasteiger partial charge is 0.322 e. The Labute approximate surface area is 138 Å². The summed E-state index contributed by atoms with van der Waals surface area (Å²) in [5.74, 6) is 0. The van der Waals surface area contributed by atoms with Crippen LogP contribution in [0.5, 0.6) is 0 Å². The molecule has 0 saturated heterocycles. The molecule has 22 heavy (non-hydrogen) atoms. The van der Waals surface area contributed by atoms with Crippen LogP contribution in [0.4, 0.5) is 16.2 Å². The molecule has 6 heteroatoms. The molecule has 0 aliphatic carbocycles. The molecule has 1 aliphatic rings. The van der Waals surface area contributed by atoms with Gasteiger partial charge in [0.25, 0.3) is 0 Å². The van der Waals surface area contributed by atoms with Crippen molar-refractivity contribution in [1.29, 1.82) is 0 Å². The first-order valence-electron chi connectivity index (χ1n) is 6.91. The summed E-state index contributed by atoms with van der Waals surface area (Å²) < 4.78 is 0. The first-order chi connectivity index (χ1) is 10.5. The molecule has 0 fully saturated rings. The Kier molecular flexibility index (Phi) is 4.14. The molecule has 3 rings (SSSR count). The minimum Gasteiger partial charge on any atom is -0.399 e. The average molecular weight is 336 g/mol. The topological polar surface area (TPSA) is 58.4 Å². The van der Waals surface area contributed by atoms with Crippen LogP contribution in [-0.2, 0) is 13.0 Å². The lowest BCUT2D eigenvalue weighted by Gasteiger charge is -2.29. The highest BCUT2D eigenvalue weighted by Gasteiger charge is 2.21. The van der Waals surface area contributed by atoms with Gasteiger partial charge in [0.2, 0.25) is 0 Å². The van der Waals surface area contributed by atoms with Crippen LogP contribution >= 0.6 is 23.2 Å². The van der Waals surface area contributed by atoms with Crippen LogP contribution in [0.3, 0.4) is 0 Å². The molecular formula is C16H15Cl2N3O. The van der Waals surface area contributed by atoms with Crippen molar-refractivity contribution in [2.75, 3.05) is 17.6 Å². The summed E-state index contributed by atoms with van der Waals surface area (Å²) in [7, 11) is 0. The van der Waals surface area contributed by atoms with Gasteiger partial charge in [-0.2, -0.15) is 0 Å². The summed E-state index contributed by atoms with van der Waals surface area (Å²) in [5, 5.41) is 3.71. The molecular weight excluding hydrogens is 321 g/mol. The van der Waals surface area contributed by atoms with Gasteiger partial charge in [-0.05, 0) is 47.9 Å². The molecule has 2 aromatic carbocycles. The van der Waals surface area contributed by atoms with Gasteiger partial charge in [-0.1, -0.05) is 29.3 Å². The Morgan fingerprint density at radius 3 is 2.68 bits per heavy atom. The number of rotatable bonds is 1. The molecule has 2 amide bonds. The van der Waals surface area contributed by atoms with E-state index < -0.39 is 0 Å². The average Bonchev–Trinajstić information content (AvgIpc) is 2.50. The van der Waals surface area contributed by atoms with Gasteiger partial charge in [-0.25, -0.2) is 4.79 Å². The third kappa shape index (κ3) is 3.13. The van der Waals surface area contributed by atoms with Gasteiger partial charge < -0.3 is 16.0 Å². The molecule has 0 radical (unpaired) electrons. The molecule has 0 aromatic heterocycles. The quantitative estimate of drug-likeness (QED) is 0.768. The third-order valence-electron chi connectivity index (χ3n) is 3.70. The van der Waals surface area contributed by atoms with Crippen LogP contribution < -0.4 is 11.1 Å². The van der Waals surface area contributed by atoms with E-state index in [9.17, 15) is 4.79 Å². The Balaban J connectivity index is 1.72. The summed E-state index contributed by atoms with van der Waals surface area (Å²) >= 11 is 11.8. The van der Waals surface area contributed by atoms with Gasteiger partial charge in [-0.3, -0.25) is 0 Å². The van der Waals surface area contributed by atoms with Crippen molar-refractivity contribution < 1.29 is 4.79 Å². The second-order valence-corrected chi connectivity index (χ2v) is 6.07. The van der Waals surface area contributed by atoms with E-state index in [-0.39, 0.29) is 6.03 Å². The molecule has 0 atom stereocenters. The number of urea groups is 1. The molecule has 0 unspecified atom stereocenters. The number of carbonyl (C=O) groups is 1. The van der Waals surface area contributed by atoms with Gasteiger partial charge in [0.15, 0.2) is 0 Å². The number of anilines is 2. The summed E-state index contributed by atoms with van der Waals surface area (Å²) in [6, 6.07) is 10.7. The number of nitrogen functional groups attached to an aromatic ring is 1. The SMILES string of the molecule is Nc1ccc2c(c1)CN(C(=O)Nc1ccc(Cl)c(Cl)c1)CC2. The van der Waals surface area contributed by atoms with Crippen LogP contribution in [0.15, 0.2) is 36.4 Å². The van der Waals surface area contributed by atoms with E-state index in [1.807, 2.05) is 18.2 Å². The number of nitrogens with two attached hydrogens (primary N) is 1. The lowest BCUT2D eigenvalue weighted by molar-refractivity contribution is 0.206. The predicted octanol–water partition coefficient (Wildman–Crippen LogP) is 4.17. The highest BCUT2D eigenvalue weighted by Crippen LogP contribution is 2.26. The summed E-state index contributed by atoms with van der Waals surface area (Å²) in [6.07, 6.45) is 0.824. The normalized spacial score (nSPS) is 13.6. The zero-order valence-electron chi connectivity index (χ0n) is 11.8. The Morgan fingerprint density at radius 2 is 1.91 bits per heavy atom. The second kappa shape index (κ2) is 6.07. The number of hydrogen-bond donors (Lipinski definition) is 2. The predicted molar refractivity (Wildman–Crippen MR) is 90.4 cm³/mol. The summed E-state index contributed by atoms with van der Waals surface area (Å²) in [5.41, 5.74) is 9.48. The molecule has 114 valence electrons. The van der Waals surface area contributed by atoms with Gasteiger partial charge >= 0.3 is 6.03 Å². The van der Waals surface area contributed by atoms with Crippen molar-refractivity contribution in [3.63, 3.8) is 0 Å². The Hall–Kier alpha value is -1.91. The lowest BCUT2D eigenvalue weighted by Crippen LogP contribution is -2.38. The molecule has 2 aromatic rings. The molecule has 0 saturated carbocycles. The van der Waals surface area contributed by atoms with Crippen molar-refractivity contribution >= 4 is 40.6 Å². The molecule has 0 bridgehead atoms. The van der Waals surface area contributed by atoms with Gasteiger partial charge in [0.05, 0.1) is 10.0 Å². The van der Waals surface area contributed by atoms with Crippen LogP contribution in [0.25, 0.3) is 0 Å². The third-order valence-corrected chi connectivity index (χ3v) is 4.44. The van der Waals surface area contributed by atoms with E-state index in [0.29, 0.717) is 34.5 Å². The zero-order valence-corrected chi connectivity index (χ0v) is 13.3. The molecule has 3 N–H and O–H groups in total. The standard InChI is InChI=1S/C16H15Cl2N3O/c17-14-4-3-13(8-15(14)18)20-16(22)21-6-5-10-1-2-12(19)7-11(10)9-21/h1-4,7-8H,5-6,9,19H2,(H,20,22). The zero-order chi connectivity index (χ0) is 15.7. The maximum Gasteiger partial charge on any atom is 0.322 e. The number of benzene rings is 2. The molecule has 0 spiro atoms. The highest BCUT2D eigenvalue weighted by molar-refractivity contribution is 6.42. The number of nitrogens with zero attached hydrogens (tertiary/aromatic N) is 1. The first kappa shape index (κ1) is 15.0. The largest absolute Gasteiger partial charge is 0.399 e. The number of hydrogen-bond acceptors (Lipinski definition) is 2. The van der Waals surface area contributed by atoms with Crippen molar-refractivity contribution in [1.82, 2.24) is 4.90 Å². The van der Waals surface area contributed by atoms with Gasteiger partial charge in [-0.15, -0.1) is 0 Å². The lowest BCUT2D eigenvalue weighted by atomic mass is 9.99. The van der Waals surface area contributed by atoms with Crippen LogP contribution in [0.2, 0.25) is 10.0 Å². The van der Waals surface area contributed by atoms with E-state index in [1.54, 1.807) is 23.1 Å². The fraction of sp³-hybridized carbons (Fsp3) is 0.188. The fourth-order valence-corrected chi connectivity index (χ4v) is 2.82. The highest BCUT2D eigenvalue weighted by atomic mass is 35.5. The number of carbonyl (C=O) groups excluding carboxylic acids is 1. The number of fused-ring (bicyclic) bond motifs is 1. The first-order valence-corrected chi connectivity index (χ1v) is 7.67. The monoisotopic (exact) mass is 335 g/mol.